The van der Waals surface area contributed by atoms with Crippen molar-refractivity contribution in [1.29, 1.82) is 0 Å². The third-order valence-electron chi connectivity index (χ3n) is 4.21. The number of aryl methyl sites for hydroxylation is 2. The zero-order valence-corrected chi connectivity index (χ0v) is 12.1. The molecule has 1 aromatic heterocycles. The van der Waals surface area contributed by atoms with Gasteiger partial charge >= 0.3 is 0 Å². The van der Waals surface area contributed by atoms with Gasteiger partial charge in [-0.15, -0.1) is 0 Å². The average molecular weight is 249 g/mol. The minimum absolute atomic E-state index is 0.417. The van der Waals surface area contributed by atoms with Crippen LogP contribution in [0.3, 0.4) is 0 Å². The normalized spacial score (nSPS) is 18.4. The average Bonchev–Trinajstić information content (AvgIpc) is 2.96. The monoisotopic (exact) mass is 249 g/mol. The molecule has 0 spiro atoms. The van der Waals surface area contributed by atoms with Crippen LogP contribution in [0.5, 0.6) is 0 Å². The molecule has 1 aliphatic carbocycles. The Bertz CT molecular complexity index is 344. The Morgan fingerprint density at radius 1 is 1.33 bits per heavy atom. The summed E-state index contributed by atoms with van der Waals surface area (Å²) in [5.74, 6) is 3.11. The van der Waals surface area contributed by atoms with Crippen LogP contribution < -0.4 is 5.32 Å². The molecular weight excluding hydrogens is 222 g/mol. The van der Waals surface area contributed by atoms with E-state index < -0.39 is 0 Å². The summed E-state index contributed by atoms with van der Waals surface area (Å²) in [7, 11) is 0. The van der Waals surface area contributed by atoms with Gasteiger partial charge in [0, 0.05) is 0 Å². The van der Waals surface area contributed by atoms with Crippen molar-refractivity contribution in [3.05, 3.63) is 23.2 Å². The molecule has 1 fully saturated rings. The maximum atomic E-state index is 5.92. The second-order valence-electron chi connectivity index (χ2n) is 5.78. The fourth-order valence-electron chi connectivity index (χ4n) is 2.97. The third-order valence-corrected chi connectivity index (χ3v) is 4.21. The molecule has 0 amide bonds. The van der Waals surface area contributed by atoms with E-state index in [1.54, 1.807) is 0 Å². The van der Waals surface area contributed by atoms with E-state index >= 15 is 0 Å². The topological polar surface area (TPSA) is 25.2 Å². The lowest BCUT2D eigenvalue weighted by Gasteiger charge is -2.20. The quantitative estimate of drug-likeness (QED) is 0.802. The van der Waals surface area contributed by atoms with Gasteiger partial charge in [0.1, 0.15) is 11.5 Å². The molecule has 0 bridgehead atoms. The maximum Gasteiger partial charge on any atom is 0.121 e. The van der Waals surface area contributed by atoms with Gasteiger partial charge in [0.2, 0.25) is 0 Å². The second-order valence-corrected chi connectivity index (χ2v) is 5.78. The third kappa shape index (κ3) is 3.38. The van der Waals surface area contributed by atoms with E-state index in [1.807, 2.05) is 0 Å². The van der Waals surface area contributed by atoms with Gasteiger partial charge < -0.3 is 9.73 Å². The molecule has 2 rings (SSSR count). The minimum Gasteiger partial charge on any atom is -0.464 e. The Hall–Kier alpha value is -0.760. The molecule has 18 heavy (non-hydrogen) atoms. The van der Waals surface area contributed by atoms with Crippen LogP contribution in [0.15, 0.2) is 10.5 Å². The first-order chi connectivity index (χ1) is 8.70. The molecule has 1 aromatic rings. The standard InChI is InChI=1S/C16H27NO/c1-4-9-17-15(11-14-7-5-6-8-14)16-10-12(2)13(3)18-16/h10,14-15,17H,4-9,11H2,1-3H3. The molecule has 0 radical (unpaired) electrons. The zero-order chi connectivity index (χ0) is 13.0. The van der Waals surface area contributed by atoms with E-state index in [-0.39, 0.29) is 0 Å². The van der Waals surface area contributed by atoms with Crippen LogP contribution in [0.2, 0.25) is 0 Å². The van der Waals surface area contributed by atoms with Crippen molar-refractivity contribution < 1.29 is 4.42 Å². The fourth-order valence-corrected chi connectivity index (χ4v) is 2.97. The predicted octanol–water partition coefficient (Wildman–Crippen LogP) is 4.52. The summed E-state index contributed by atoms with van der Waals surface area (Å²) < 4.78 is 5.92. The Morgan fingerprint density at radius 2 is 2.06 bits per heavy atom. The lowest BCUT2D eigenvalue weighted by molar-refractivity contribution is 0.337. The Kier molecular flexibility index (Phi) is 4.87. The molecule has 1 saturated carbocycles. The lowest BCUT2D eigenvalue weighted by atomic mass is 9.96. The highest BCUT2D eigenvalue weighted by Crippen LogP contribution is 2.34. The van der Waals surface area contributed by atoms with Gasteiger partial charge in [-0.05, 0) is 50.8 Å². The highest BCUT2D eigenvalue weighted by atomic mass is 16.3. The zero-order valence-electron chi connectivity index (χ0n) is 12.1. The van der Waals surface area contributed by atoms with Crippen LogP contribution in [-0.2, 0) is 0 Å². The summed E-state index contributed by atoms with van der Waals surface area (Å²) in [6.45, 7) is 7.49. The van der Waals surface area contributed by atoms with Crippen LogP contribution in [-0.4, -0.2) is 6.54 Å². The lowest BCUT2D eigenvalue weighted by Crippen LogP contribution is -2.23. The number of nitrogens with one attached hydrogen (secondary N) is 1. The SMILES string of the molecule is CCCNC(CC1CCCC1)c1cc(C)c(C)o1. The van der Waals surface area contributed by atoms with E-state index in [2.05, 4.69) is 32.2 Å². The highest BCUT2D eigenvalue weighted by Gasteiger charge is 2.23. The number of hydrogen-bond donors (Lipinski definition) is 1. The van der Waals surface area contributed by atoms with Crippen LogP contribution in [0.25, 0.3) is 0 Å². The van der Waals surface area contributed by atoms with E-state index in [0.717, 1.165) is 24.0 Å². The van der Waals surface area contributed by atoms with Crippen molar-refractivity contribution in [3.8, 4) is 0 Å². The molecule has 1 atom stereocenters. The van der Waals surface area contributed by atoms with E-state index in [9.17, 15) is 0 Å². The largest absolute Gasteiger partial charge is 0.464 e. The molecule has 0 aromatic carbocycles. The molecular formula is C16H27NO. The van der Waals surface area contributed by atoms with Gasteiger partial charge in [-0.25, -0.2) is 0 Å². The molecule has 2 heteroatoms. The van der Waals surface area contributed by atoms with Gasteiger partial charge in [0.15, 0.2) is 0 Å². The number of hydrogen-bond acceptors (Lipinski definition) is 2. The van der Waals surface area contributed by atoms with Crippen LogP contribution in [0.1, 0.15) is 68.6 Å². The van der Waals surface area contributed by atoms with E-state index in [1.165, 1.54) is 44.1 Å². The number of furan rings is 1. The summed E-state index contributed by atoms with van der Waals surface area (Å²) in [5, 5.41) is 3.66. The van der Waals surface area contributed by atoms with Gasteiger partial charge in [-0.3, -0.25) is 0 Å². The van der Waals surface area contributed by atoms with Crippen molar-refractivity contribution in [2.75, 3.05) is 6.54 Å². The summed E-state index contributed by atoms with van der Waals surface area (Å²) in [5.41, 5.74) is 1.28. The fraction of sp³-hybridized carbons (Fsp3) is 0.750. The van der Waals surface area contributed by atoms with Crippen molar-refractivity contribution in [3.63, 3.8) is 0 Å². The van der Waals surface area contributed by atoms with Gasteiger partial charge in [0.25, 0.3) is 0 Å². The highest BCUT2D eigenvalue weighted by molar-refractivity contribution is 5.21. The molecule has 1 unspecified atom stereocenters. The summed E-state index contributed by atoms with van der Waals surface area (Å²) in [4.78, 5) is 0. The Labute approximate surface area is 111 Å². The Morgan fingerprint density at radius 3 is 2.61 bits per heavy atom. The molecule has 1 N–H and O–H groups in total. The first kappa shape index (κ1) is 13.7. The van der Waals surface area contributed by atoms with Crippen LogP contribution in [0, 0.1) is 19.8 Å². The first-order valence-electron chi connectivity index (χ1n) is 7.51. The van der Waals surface area contributed by atoms with Gasteiger partial charge in [-0.1, -0.05) is 32.6 Å². The summed E-state index contributed by atoms with van der Waals surface area (Å²) >= 11 is 0. The van der Waals surface area contributed by atoms with E-state index in [0.29, 0.717) is 6.04 Å². The van der Waals surface area contributed by atoms with Crippen LogP contribution >= 0.6 is 0 Å². The molecule has 1 heterocycles. The molecule has 102 valence electrons. The van der Waals surface area contributed by atoms with Crippen LogP contribution in [0.4, 0.5) is 0 Å². The van der Waals surface area contributed by atoms with Crippen molar-refractivity contribution in [1.82, 2.24) is 5.32 Å². The predicted molar refractivity (Wildman–Crippen MR) is 75.8 cm³/mol. The number of rotatable bonds is 6. The van der Waals surface area contributed by atoms with Gasteiger partial charge in [0.05, 0.1) is 6.04 Å². The van der Waals surface area contributed by atoms with Crippen molar-refractivity contribution in [2.24, 2.45) is 5.92 Å². The smallest absolute Gasteiger partial charge is 0.121 e. The molecule has 2 nitrogen and oxygen atoms in total. The minimum atomic E-state index is 0.417. The molecule has 0 saturated heterocycles. The van der Waals surface area contributed by atoms with Crippen molar-refractivity contribution >= 4 is 0 Å². The first-order valence-corrected chi connectivity index (χ1v) is 7.51. The van der Waals surface area contributed by atoms with E-state index in [4.69, 9.17) is 4.42 Å². The van der Waals surface area contributed by atoms with Crippen molar-refractivity contribution in [2.45, 2.75) is 65.3 Å². The second kappa shape index (κ2) is 6.42. The molecule has 0 aliphatic heterocycles. The van der Waals surface area contributed by atoms with Gasteiger partial charge in [-0.2, -0.15) is 0 Å². The maximum absolute atomic E-state index is 5.92. The summed E-state index contributed by atoms with van der Waals surface area (Å²) in [6, 6.07) is 2.64. The Balaban J connectivity index is 2.03. The summed E-state index contributed by atoms with van der Waals surface area (Å²) in [6.07, 6.45) is 8.07. The molecule has 1 aliphatic rings.